The van der Waals surface area contributed by atoms with E-state index < -0.39 is 12.0 Å². The van der Waals surface area contributed by atoms with E-state index in [9.17, 15) is 4.79 Å². The Morgan fingerprint density at radius 2 is 1.88 bits per heavy atom. The fourth-order valence-electron chi connectivity index (χ4n) is 8.32. The molecule has 1 aromatic carbocycles. The van der Waals surface area contributed by atoms with Crippen LogP contribution in [0.1, 0.15) is 89.3 Å². The Hall–Kier alpha value is -2.08. The van der Waals surface area contributed by atoms with Gasteiger partial charge in [0, 0.05) is 6.54 Å². The SMILES string of the molecule is Cc1cc(OC(=O)C(N)CCCN=C(N)N)cc2c1[C@@]1(C)CC[C@H]3C(C)(C)CCCC3(C)C1C2. The molecule has 3 aliphatic carbocycles. The summed E-state index contributed by atoms with van der Waals surface area (Å²) < 4.78 is 5.76. The van der Waals surface area contributed by atoms with Gasteiger partial charge in [0.15, 0.2) is 5.96 Å². The quantitative estimate of drug-likeness (QED) is 0.189. The first-order chi connectivity index (χ1) is 15.9. The number of aliphatic imine (C=N–C) groups is 1. The fraction of sp³-hybridized carbons (Fsp3) is 0.714. The van der Waals surface area contributed by atoms with E-state index in [0.717, 1.165) is 12.3 Å². The summed E-state index contributed by atoms with van der Waals surface area (Å²) in [6.07, 6.45) is 8.73. The third-order valence-corrected chi connectivity index (χ3v) is 9.67. The second-order valence-corrected chi connectivity index (χ2v) is 12.4. The van der Waals surface area contributed by atoms with Crippen LogP contribution >= 0.6 is 0 Å². The molecule has 188 valence electrons. The Morgan fingerprint density at radius 1 is 1.15 bits per heavy atom. The number of aryl methyl sites for hydroxylation is 1. The zero-order valence-corrected chi connectivity index (χ0v) is 21.7. The van der Waals surface area contributed by atoms with Crippen LogP contribution in [0.25, 0.3) is 0 Å². The van der Waals surface area contributed by atoms with Crippen molar-refractivity contribution < 1.29 is 9.53 Å². The molecular formula is C28H44N4O2. The van der Waals surface area contributed by atoms with Crippen LogP contribution in [-0.2, 0) is 16.6 Å². The van der Waals surface area contributed by atoms with Gasteiger partial charge >= 0.3 is 5.97 Å². The lowest BCUT2D eigenvalue weighted by molar-refractivity contribution is -0.136. The molecule has 0 radical (unpaired) electrons. The Labute approximate surface area is 205 Å². The number of fused-ring (bicyclic) bond motifs is 5. The molecule has 0 aliphatic heterocycles. The van der Waals surface area contributed by atoms with Crippen molar-refractivity contribution in [2.24, 2.45) is 44.9 Å². The number of hydrogen-bond donors (Lipinski definition) is 3. The highest BCUT2D eigenvalue weighted by Gasteiger charge is 2.61. The molecule has 2 fully saturated rings. The van der Waals surface area contributed by atoms with Crippen LogP contribution < -0.4 is 21.9 Å². The van der Waals surface area contributed by atoms with Crippen LogP contribution in [0.15, 0.2) is 17.1 Å². The average Bonchev–Trinajstić information content (AvgIpc) is 3.04. The van der Waals surface area contributed by atoms with Gasteiger partial charge in [0.1, 0.15) is 11.8 Å². The van der Waals surface area contributed by atoms with Crippen LogP contribution in [0.4, 0.5) is 0 Å². The van der Waals surface area contributed by atoms with Gasteiger partial charge < -0.3 is 21.9 Å². The van der Waals surface area contributed by atoms with Crippen LogP contribution in [0.2, 0.25) is 0 Å². The summed E-state index contributed by atoms with van der Waals surface area (Å²) in [7, 11) is 0. The minimum Gasteiger partial charge on any atom is -0.425 e. The molecule has 6 nitrogen and oxygen atoms in total. The van der Waals surface area contributed by atoms with Gasteiger partial charge in [-0.2, -0.15) is 0 Å². The highest BCUT2D eigenvalue weighted by Crippen LogP contribution is 2.67. The zero-order valence-electron chi connectivity index (χ0n) is 21.7. The Bertz CT molecular complexity index is 983. The van der Waals surface area contributed by atoms with Crippen molar-refractivity contribution in [3.63, 3.8) is 0 Å². The van der Waals surface area contributed by atoms with E-state index in [1.54, 1.807) is 0 Å². The topological polar surface area (TPSA) is 117 Å². The summed E-state index contributed by atoms with van der Waals surface area (Å²) in [6, 6.07) is 3.46. The predicted octanol–water partition coefficient (Wildman–Crippen LogP) is 4.34. The predicted molar refractivity (Wildman–Crippen MR) is 138 cm³/mol. The van der Waals surface area contributed by atoms with Crippen molar-refractivity contribution in [3.8, 4) is 5.75 Å². The number of carbonyl (C=O) groups excluding carboxylic acids is 1. The van der Waals surface area contributed by atoms with E-state index in [2.05, 4.69) is 45.7 Å². The van der Waals surface area contributed by atoms with Crippen molar-refractivity contribution >= 4 is 11.9 Å². The van der Waals surface area contributed by atoms with Gasteiger partial charge in [-0.15, -0.1) is 0 Å². The number of nitrogens with zero attached hydrogens (tertiary/aromatic N) is 1. The van der Waals surface area contributed by atoms with Gasteiger partial charge in [0.25, 0.3) is 0 Å². The Balaban J connectivity index is 1.53. The third-order valence-electron chi connectivity index (χ3n) is 9.67. The minimum atomic E-state index is -0.688. The Kier molecular flexibility index (Phi) is 6.52. The molecule has 6 N–H and O–H groups in total. The smallest absolute Gasteiger partial charge is 0.328 e. The lowest BCUT2D eigenvalue weighted by Crippen LogP contribution is -2.55. The second-order valence-electron chi connectivity index (χ2n) is 12.4. The van der Waals surface area contributed by atoms with E-state index in [-0.39, 0.29) is 11.4 Å². The summed E-state index contributed by atoms with van der Waals surface area (Å²) >= 11 is 0. The number of nitrogens with two attached hydrogens (primary N) is 3. The standard InChI is InChI=1S/C28H44N4O2/c1-17-14-19(34-24(33)20(29)8-6-13-32-25(30)31)15-18-16-22-27(4)11-7-10-26(2,3)21(27)9-12-28(22,5)23(17)18/h14-15,20-22H,6-13,16,29H2,1-5H3,(H4,30,31,32)/t20?,21-,22?,27?,28-/m0/s1. The molecule has 1 aromatic rings. The first-order valence-corrected chi connectivity index (χ1v) is 13.0. The van der Waals surface area contributed by atoms with Gasteiger partial charge in [0.2, 0.25) is 0 Å². The molecule has 5 atom stereocenters. The van der Waals surface area contributed by atoms with E-state index in [1.807, 2.05) is 6.07 Å². The lowest BCUT2D eigenvalue weighted by Gasteiger charge is -2.61. The molecule has 0 saturated heterocycles. The summed E-state index contributed by atoms with van der Waals surface area (Å²) in [6.45, 7) is 12.7. The molecule has 0 bridgehead atoms. The van der Waals surface area contributed by atoms with Gasteiger partial charge in [-0.1, -0.05) is 34.1 Å². The van der Waals surface area contributed by atoms with Crippen molar-refractivity contribution in [2.45, 2.75) is 97.4 Å². The third kappa shape index (κ3) is 4.23. The first-order valence-electron chi connectivity index (χ1n) is 13.0. The average molecular weight is 469 g/mol. The largest absolute Gasteiger partial charge is 0.425 e. The van der Waals surface area contributed by atoms with Crippen LogP contribution in [0.5, 0.6) is 5.75 Å². The van der Waals surface area contributed by atoms with Gasteiger partial charge in [0.05, 0.1) is 0 Å². The Morgan fingerprint density at radius 3 is 2.59 bits per heavy atom. The maximum absolute atomic E-state index is 12.6. The number of ether oxygens (including phenoxy) is 1. The van der Waals surface area contributed by atoms with Crippen LogP contribution in [0.3, 0.4) is 0 Å². The van der Waals surface area contributed by atoms with Crippen LogP contribution in [0, 0.1) is 29.6 Å². The van der Waals surface area contributed by atoms with Gasteiger partial charge in [-0.25, -0.2) is 4.79 Å². The summed E-state index contributed by atoms with van der Waals surface area (Å²) in [5.74, 6) is 1.68. The number of esters is 1. The number of benzene rings is 1. The van der Waals surface area contributed by atoms with Crippen molar-refractivity contribution in [1.82, 2.24) is 0 Å². The molecule has 3 aliphatic rings. The lowest BCUT2D eigenvalue weighted by atomic mass is 9.43. The second kappa shape index (κ2) is 8.85. The summed E-state index contributed by atoms with van der Waals surface area (Å²) in [4.78, 5) is 16.6. The van der Waals surface area contributed by atoms with Crippen molar-refractivity contribution in [1.29, 1.82) is 0 Å². The molecule has 0 heterocycles. The van der Waals surface area contributed by atoms with E-state index in [1.165, 1.54) is 48.8 Å². The van der Waals surface area contributed by atoms with Crippen molar-refractivity contribution in [2.75, 3.05) is 6.54 Å². The molecule has 6 heteroatoms. The normalized spacial score (nSPS) is 32.2. The maximum atomic E-state index is 12.6. The van der Waals surface area contributed by atoms with Gasteiger partial charge in [-0.3, -0.25) is 4.99 Å². The highest BCUT2D eigenvalue weighted by molar-refractivity contribution is 5.78. The molecule has 34 heavy (non-hydrogen) atoms. The maximum Gasteiger partial charge on any atom is 0.328 e. The zero-order chi connectivity index (χ0) is 24.9. The van der Waals surface area contributed by atoms with E-state index in [0.29, 0.717) is 41.9 Å². The van der Waals surface area contributed by atoms with Crippen molar-refractivity contribution in [3.05, 3.63) is 28.8 Å². The highest BCUT2D eigenvalue weighted by atomic mass is 16.5. The minimum absolute atomic E-state index is 0.0518. The molecular weight excluding hydrogens is 424 g/mol. The summed E-state index contributed by atoms with van der Waals surface area (Å²) in [5, 5.41) is 0. The van der Waals surface area contributed by atoms with E-state index >= 15 is 0 Å². The number of hydrogen-bond acceptors (Lipinski definition) is 4. The first kappa shape index (κ1) is 25.0. The monoisotopic (exact) mass is 468 g/mol. The summed E-state index contributed by atoms with van der Waals surface area (Å²) in [5.41, 5.74) is 21.8. The molecule has 0 spiro atoms. The molecule has 0 amide bonds. The number of carbonyl (C=O) groups is 1. The fourth-order valence-corrected chi connectivity index (χ4v) is 8.32. The molecule has 4 rings (SSSR count). The molecule has 2 saturated carbocycles. The molecule has 0 aromatic heterocycles. The number of guanidine groups is 1. The van der Waals surface area contributed by atoms with Crippen LogP contribution in [-0.4, -0.2) is 24.5 Å². The number of rotatable bonds is 6. The van der Waals surface area contributed by atoms with E-state index in [4.69, 9.17) is 21.9 Å². The van der Waals surface area contributed by atoms with Gasteiger partial charge in [-0.05, 0) is 109 Å². The molecule has 3 unspecified atom stereocenters.